The summed E-state index contributed by atoms with van der Waals surface area (Å²) in [6, 6.07) is 15.8. The summed E-state index contributed by atoms with van der Waals surface area (Å²) in [5.41, 5.74) is 2.71. The summed E-state index contributed by atoms with van der Waals surface area (Å²) in [6.45, 7) is 0.763. The molecule has 3 rings (SSSR count). The van der Waals surface area contributed by atoms with Gasteiger partial charge in [0.15, 0.2) is 0 Å². The van der Waals surface area contributed by atoms with Crippen LogP contribution in [0.15, 0.2) is 59.7 Å². The second-order valence-electron chi connectivity index (χ2n) is 5.39. The molecule has 0 bridgehead atoms. The molecule has 0 fully saturated rings. The highest BCUT2D eigenvalue weighted by Gasteiger charge is 2.20. The number of pyridine rings is 1. The Kier molecular flexibility index (Phi) is 4.59. The van der Waals surface area contributed by atoms with Gasteiger partial charge in [0.25, 0.3) is 5.91 Å². The van der Waals surface area contributed by atoms with Crippen molar-refractivity contribution in [3.05, 3.63) is 66.0 Å². The van der Waals surface area contributed by atoms with Crippen LogP contribution >= 0.6 is 0 Å². The number of aromatic nitrogens is 1. The third-order valence-electron chi connectivity index (χ3n) is 3.78. The minimum Gasteiger partial charge on any atom is -0.344 e. The maximum atomic E-state index is 12.4. The Morgan fingerprint density at radius 3 is 2.64 bits per heavy atom. The number of hydrogen-bond donors (Lipinski definition) is 1. The van der Waals surface area contributed by atoms with Gasteiger partial charge in [-0.1, -0.05) is 36.4 Å². The van der Waals surface area contributed by atoms with Crippen LogP contribution in [0.2, 0.25) is 0 Å². The van der Waals surface area contributed by atoms with Crippen LogP contribution in [-0.4, -0.2) is 23.1 Å². The zero-order chi connectivity index (χ0) is 15.2. The van der Waals surface area contributed by atoms with Crippen molar-refractivity contribution in [3.63, 3.8) is 0 Å². The summed E-state index contributed by atoms with van der Waals surface area (Å²) < 4.78 is 0. The highest BCUT2D eigenvalue weighted by Crippen LogP contribution is 2.18. The number of aliphatic imine (C=N–C) groups is 1. The van der Waals surface area contributed by atoms with E-state index in [-0.39, 0.29) is 11.9 Å². The zero-order valence-electron chi connectivity index (χ0n) is 12.4. The molecule has 0 radical (unpaired) electrons. The Morgan fingerprint density at radius 1 is 1.14 bits per heavy atom. The van der Waals surface area contributed by atoms with E-state index >= 15 is 0 Å². The van der Waals surface area contributed by atoms with Crippen molar-refractivity contribution in [2.45, 2.75) is 25.3 Å². The van der Waals surface area contributed by atoms with Crippen LogP contribution in [0.5, 0.6) is 0 Å². The molecular weight excluding hydrogens is 274 g/mol. The standard InChI is InChI=1S/C18H19N3O/c22-18(16-10-6-12-20-16)21-17(14-7-2-1-3-8-14)13-15-9-4-5-11-19-15/h1-5,7-9,11,17H,6,10,12-13H2,(H,21,22)/t17-/m0/s1. The van der Waals surface area contributed by atoms with E-state index in [1.807, 2.05) is 48.5 Å². The average molecular weight is 293 g/mol. The monoisotopic (exact) mass is 293 g/mol. The van der Waals surface area contributed by atoms with Crippen LogP contribution in [0.4, 0.5) is 0 Å². The van der Waals surface area contributed by atoms with Gasteiger partial charge in [-0.3, -0.25) is 14.8 Å². The van der Waals surface area contributed by atoms with Gasteiger partial charge in [0, 0.05) is 24.9 Å². The first-order valence-electron chi connectivity index (χ1n) is 7.62. The first-order valence-corrected chi connectivity index (χ1v) is 7.62. The predicted molar refractivity (Wildman–Crippen MR) is 86.8 cm³/mol. The smallest absolute Gasteiger partial charge is 0.265 e. The molecule has 1 aliphatic rings. The fraction of sp³-hybridized carbons (Fsp3) is 0.278. The molecule has 1 aliphatic heterocycles. The van der Waals surface area contributed by atoms with E-state index in [1.165, 1.54) is 0 Å². The maximum absolute atomic E-state index is 12.4. The lowest BCUT2D eigenvalue weighted by atomic mass is 10.0. The summed E-state index contributed by atoms with van der Waals surface area (Å²) in [5, 5.41) is 3.11. The van der Waals surface area contributed by atoms with E-state index in [9.17, 15) is 4.79 Å². The lowest BCUT2D eigenvalue weighted by Gasteiger charge is -2.19. The molecule has 4 nitrogen and oxygen atoms in total. The van der Waals surface area contributed by atoms with E-state index < -0.39 is 0 Å². The molecule has 0 unspecified atom stereocenters. The topological polar surface area (TPSA) is 54.4 Å². The molecule has 1 aromatic carbocycles. The summed E-state index contributed by atoms with van der Waals surface area (Å²) in [6.07, 6.45) is 4.19. The van der Waals surface area contributed by atoms with Gasteiger partial charge >= 0.3 is 0 Å². The molecule has 0 aliphatic carbocycles. The number of carbonyl (C=O) groups excluding carboxylic acids is 1. The van der Waals surface area contributed by atoms with E-state index in [2.05, 4.69) is 15.3 Å². The van der Waals surface area contributed by atoms with Crippen molar-refractivity contribution in [1.82, 2.24) is 10.3 Å². The number of hydrogen-bond acceptors (Lipinski definition) is 3. The molecule has 22 heavy (non-hydrogen) atoms. The molecule has 0 saturated carbocycles. The van der Waals surface area contributed by atoms with Crippen molar-refractivity contribution in [2.24, 2.45) is 4.99 Å². The Morgan fingerprint density at radius 2 is 1.95 bits per heavy atom. The second kappa shape index (κ2) is 6.98. The number of nitrogens with one attached hydrogen (secondary N) is 1. The Balaban J connectivity index is 1.78. The van der Waals surface area contributed by atoms with E-state index in [4.69, 9.17) is 0 Å². The van der Waals surface area contributed by atoms with Crippen LogP contribution < -0.4 is 5.32 Å². The molecule has 1 amide bonds. The zero-order valence-corrected chi connectivity index (χ0v) is 12.4. The van der Waals surface area contributed by atoms with Crippen LogP contribution in [0.1, 0.15) is 30.1 Å². The molecular formula is C18H19N3O. The SMILES string of the molecule is O=C(N[C@@H](Cc1ccccn1)c1ccccc1)C1=NCCC1. The number of nitrogens with zero attached hydrogens (tertiary/aromatic N) is 2. The predicted octanol–water partition coefficient (Wildman–Crippen LogP) is 2.72. The number of benzene rings is 1. The fourth-order valence-corrected chi connectivity index (χ4v) is 2.63. The molecule has 1 aromatic heterocycles. The van der Waals surface area contributed by atoms with Crippen LogP contribution in [-0.2, 0) is 11.2 Å². The Labute approximate surface area is 130 Å². The van der Waals surface area contributed by atoms with Crippen molar-refractivity contribution in [2.75, 3.05) is 6.54 Å². The third kappa shape index (κ3) is 3.58. The number of rotatable bonds is 5. The van der Waals surface area contributed by atoms with E-state index in [0.717, 1.165) is 30.6 Å². The van der Waals surface area contributed by atoms with Crippen molar-refractivity contribution in [1.29, 1.82) is 0 Å². The third-order valence-corrected chi connectivity index (χ3v) is 3.78. The number of carbonyl (C=O) groups is 1. The quantitative estimate of drug-likeness (QED) is 0.921. The first kappa shape index (κ1) is 14.4. The van der Waals surface area contributed by atoms with Crippen molar-refractivity contribution in [3.8, 4) is 0 Å². The first-order chi connectivity index (χ1) is 10.8. The van der Waals surface area contributed by atoms with E-state index in [0.29, 0.717) is 12.1 Å². The molecule has 2 heterocycles. The molecule has 1 atom stereocenters. The summed E-state index contributed by atoms with van der Waals surface area (Å²) >= 11 is 0. The number of amides is 1. The fourth-order valence-electron chi connectivity index (χ4n) is 2.63. The summed E-state index contributed by atoms with van der Waals surface area (Å²) in [4.78, 5) is 21.0. The van der Waals surface area contributed by atoms with Gasteiger partial charge in [0.1, 0.15) is 0 Å². The average Bonchev–Trinajstić information content (AvgIpc) is 3.11. The van der Waals surface area contributed by atoms with E-state index in [1.54, 1.807) is 6.20 Å². The Hall–Kier alpha value is -2.49. The normalized spacial score (nSPS) is 15.2. The van der Waals surface area contributed by atoms with Crippen LogP contribution in [0.3, 0.4) is 0 Å². The molecule has 1 N–H and O–H groups in total. The van der Waals surface area contributed by atoms with Crippen LogP contribution in [0, 0.1) is 0 Å². The Bertz CT molecular complexity index is 653. The van der Waals surface area contributed by atoms with Gasteiger partial charge < -0.3 is 5.32 Å². The van der Waals surface area contributed by atoms with Crippen molar-refractivity contribution >= 4 is 11.6 Å². The molecule has 2 aromatic rings. The minimum absolute atomic E-state index is 0.0534. The summed E-state index contributed by atoms with van der Waals surface area (Å²) in [5.74, 6) is -0.0534. The van der Waals surface area contributed by atoms with Gasteiger partial charge in [-0.05, 0) is 30.5 Å². The van der Waals surface area contributed by atoms with Gasteiger partial charge in [0.2, 0.25) is 0 Å². The van der Waals surface area contributed by atoms with Gasteiger partial charge in [0.05, 0.1) is 11.8 Å². The molecule has 112 valence electrons. The van der Waals surface area contributed by atoms with Crippen molar-refractivity contribution < 1.29 is 4.79 Å². The second-order valence-corrected chi connectivity index (χ2v) is 5.39. The molecule has 0 saturated heterocycles. The van der Waals surface area contributed by atoms with Crippen LogP contribution in [0.25, 0.3) is 0 Å². The van der Waals surface area contributed by atoms with Gasteiger partial charge in [-0.2, -0.15) is 0 Å². The molecule has 0 spiro atoms. The highest BCUT2D eigenvalue weighted by molar-refractivity contribution is 6.39. The minimum atomic E-state index is -0.0908. The van der Waals surface area contributed by atoms with Gasteiger partial charge in [-0.25, -0.2) is 0 Å². The lowest BCUT2D eigenvalue weighted by molar-refractivity contribution is -0.115. The lowest BCUT2D eigenvalue weighted by Crippen LogP contribution is -2.34. The maximum Gasteiger partial charge on any atom is 0.265 e. The summed E-state index contributed by atoms with van der Waals surface area (Å²) in [7, 11) is 0. The van der Waals surface area contributed by atoms with Gasteiger partial charge in [-0.15, -0.1) is 0 Å². The molecule has 4 heteroatoms. The highest BCUT2D eigenvalue weighted by atomic mass is 16.2. The largest absolute Gasteiger partial charge is 0.344 e.